The number of hydrogen-bond donors (Lipinski definition) is 0. The Balaban J connectivity index is 2.89. The zero-order valence-corrected chi connectivity index (χ0v) is 10.1. The largest absolute Gasteiger partial charge is 0.419 e. The number of benzene rings is 1. The first kappa shape index (κ1) is 14.6. The Morgan fingerprint density at radius 3 is 2.61 bits per heavy atom. The van der Waals surface area contributed by atoms with Gasteiger partial charge in [0.2, 0.25) is 0 Å². The van der Waals surface area contributed by atoms with Crippen LogP contribution in [0.5, 0.6) is 0 Å². The molecule has 0 fully saturated rings. The molecule has 0 unspecified atom stereocenters. The van der Waals surface area contributed by atoms with Crippen LogP contribution in [0.3, 0.4) is 0 Å². The third-order valence-corrected chi connectivity index (χ3v) is 2.55. The number of halogens is 4. The highest BCUT2D eigenvalue weighted by atomic mass is 32.2. The van der Waals surface area contributed by atoms with Gasteiger partial charge in [-0.1, -0.05) is 23.6 Å². The summed E-state index contributed by atoms with van der Waals surface area (Å²) in [5.41, 5.74) is -1.28. The van der Waals surface area contributed by atoms with E-state index in [0.717, 1.165) is 23.9 Å². The maximum Gasteiger partial charge on any atom is 0.419 e. The van der Waals surface area contributed by atoms with Gasteiger partial charge in [-0.2, -0.15) is 13.2 Å². The molecule has 0 aliphatic heterocycles. The molecule has 0 saturated carbocycles. The molecule has 6 heteroatoms. The Morgan fingerprint density at radius 2 is 2.06 bits per heavy atom. The fourth-order valence-electron chi connectivity index (χ4n) is 1.10. The zero-order valence-electron chi connectivity index (χ0n) is 9.27. The van der Waals surface area contributed by atoms with E-state index in [-0.39, 0.29) is 16.4 Å². The summed E-state index contributed by atoms with van der Waals surface area (Å²) in [6.07, 6.45) is -4.74. The molecule has 1 aromatic rings. The third kappa shape index (κ3) is 4.41. The average Bonchev–Trinajstić information content (AvgIpc) is 2.24. The number of hydrogen-bond acceptors (Lipinski definition) is 2. The van der Waals surface area contributed by atoms with Gasteiger partial charge in [-0.15, -0.1) is 0 Å². The third-order valence-electron chi connectivity index (χ3n) is 1.85. The average molecular weight is 276 g/mol. The van der Waals surface area contributed by atoms with E-state index in [4.69, 9.17) is 0 Å². The van der Waals surface area contributed by atoms with Crippen molar-refractivity contribution in [1.29, 1.82) is 0 Å². The van der Waals surface area contributed by atoms with Crippen molar-refractivity contribution >= 4 is 16.9 Å². The highest BCUT2D eigenvalue weighted by molar-refractivity contribution is 8.13. The van der Waals surface area contributed by atoms with E-state index in [1.54, 1.807) is 0 Å². The summed E-state index contributed by atoms with van der Waals surface area (Å²) in [5.74, 6) is 3.84. The molecule has 1 rings (SSSR count). The van der Waals surface area contributed by atoms with Crippen molar-refractivity contribution in [2.75, 3.05) is 5.75 Å². The van der Waals surface area contributed by atoms with Crippen LogP contribution in [0.2, 0.25) is 0 Å². The Kier molecular flexibility index (Phi) is 4.79. The molecular weight excluding hydrogens is 268 g/mol. The molecule has 0 atom stereocenters. The highest BCUT2D eigenvalue weighted by Crippen LogP contribution is 2.31. The van der Waals surface area contributed by atoms with Crippen LogP contribution in [0.25, 0.3) is 0 Å². The summed E-state index contributed by atoms with van der Waals surface area (Å²) < 4.78 is 50.1. The van der Waals surface area contributed by atoms with Crippen LogP contribution in [0.15, 0.2) is 18.2 Å². The molecular formula is C12H8F4OS. The first-order valence-electron chi connectivity index (χ1n) is 4.79. The van der Waals surface area contributed by atoms with E-state index in [0.29, 0.717) is 6.07 Å². The molecule has 0 bridgehead atoms. The summed E-state index contributed by atoms with van der Waals surface area (Å²) in [5, 5.41) is -0.126. The SMILES string of the molecule is CC(=O)SCC#Cc1ccc(F)c(C(F)(F)F)c1. The number of rotatable bonds is 1. The molecule has 0 saturated heterocycles. The van der Waals surface area contributed by atoms with E-state index in [2.05, 4.69) is 11.8 Å². The smallest absolute Gasteiger partial charge is 0.288 e. The summed E-state index contributed by atoms with van der Waals surface area (Å²) in [4.78, 5) is 10.6. The van der Waals surface area contributed by atoms with Gasteiger partial charge in [0, 0.05) is 12.5 Å². The summed E-state index contributed by atoms with van der Waals surface area (Å²) >= 11 is 0.955. The van der Waals surface area contributed by atoms with Crippen molar-refractivity contribution in [3.8, 4) is 11.8 Å². The lowest BCUT2D eigenvalue weighted by molar-refractivity contribution is -0.140. The fraction of sp³-hybridized carbons (Fsp3) is 0.250. The first-order chi connectivity index (χ1) is 8.30. The van der Waals surface area contributed by atoms with Gasteiger partial charge in [0.05, 0.1) is 11.3 Å². The minimum absolute atomic E-state index is 0.0628. The summed E-state index contributed by atoms with van der Waals surface area (Å²) in [6.45, 7) is 1.37. The van der Waals surface area contributed by atoms with Crippen molar-refractivity contribution < 1.29 is 22.4 Å². The van der Waals surface area contributed by atoms with E-state index < -0.39 is 17.6 Å². The molecule has 0 radical (unpaired) electrons. The van der Waals surface area contributed by atoms with Gasteiger partial charge in [0.1, 0.15) is 5.82 Å². The second-order valence-corrected chi connectivity index (χ2v) is 4.43. The molecule has 0 aliphatic rings. The molecule has 0 aliphatic carbocycles. The Morgan fingerprint density at radius 1 is 1.39 bits per heavy atom. The quantitative estimate of drug-likeness (QED) is 0.577. The van der Waals surface area contributed by atoms with Crippen molar-refractivity contribution in [2.45, 2.75) is 13.1 Å². The van der Waals surface area contributed by atoms with Crippen LogP contribution in [0, 0.1) is 17.7 Å². The number of thioether (sulfide) groups is 1. The molecule has 0 heterocycles. The van der Waals surface area contributed by atoms with E-state index in [1.807, 2.05) is 0 Å². The lowest BCUT2D eigenvalue weighted by atomic mass is 10.1. The summed E-state index contributed by atoms with van der Waals surface area (Å²) in [7, 11) is 0. The number of alkyl halides is 3. The minimum Gasteiger partial charge on any atom is -0.288 e. The van der Waals surface area contributed by atoms with Crippen LogP contribution in [-0.2, 0) is 11.0 Å². The second kappa shape index (κ2) is 5.91. The lowest BCUT2D eigenvalue weighted by Gasteiger charge is -2.07. The standard InChI is InChI=1S/C12H8F4OS/c1-8(17)18-6-2-3-9-4-5-11(13)10(7-9)12(14,15)16/h4-5,7H,6H2,1H3. The topological polar surface area (TPSA) is 17.1 Å². The molecule has 1 aromatic carbocycles. The van der Waals surface area contributed by atoms with Crippen LogP contribution >= 0.6 is 11.8 Å². The van der Waals surface area contributed by atoms with Gasteiger partial charge in [0.15, 0.2) is 5.12 Å². The normalized spacial score (nSPS) is 10.7. The summed E-state index contributed by atoms with van der Waals surface area (Å²) in [6, 6.07) is 2.54. The van der Waals surface area contributed by atoms with E-state index >= 15 is 0 Å². The van der Waals surface area contributed by atoms with Gasteiger partial charge in [-0.3, -0.25) is 4.79 Å². The van der Waals surface area contributed by atoms with Gasteiger partial charge in [-0.05, 0) is 18.2 Å². The Bertz CT molecular complexity index is 511. The molecule has 0 amide bonds. The van der Waals surface area contributed by atoms with Crippen LogP contribution in [0.4, 0.5) is 17.6 Å². The van der Waals surface area contributed by atoms with Gasteiger partial charge in [-0.25, -0.2) is 4.39 Å². The van der Waals surface area contributed by atoms with Crippen molar-refractivity contribution in [3.63, 3.8) is 0 Å². The van der Waals surface area contributed by atoms with Crippen LogP contribution < -0.4 is 0 Å². The minimum atomic E-state index is -4.74. The predicted molar refractivity (Wildman–Crippen MR) is 61.4 cm³/mol. The highest BCUT2D eigenvalue weighted by Gasteiger charge is 2.34. The molecule has 0 N–H and O–H groups in total. The van der Waals surface area contributed by atoms with Crippen molar-refractivity contribution in [3.05, 3.63) is 35.1 Å². The Hall–Kier alpha value is -1.48. The molecule has 1 nitrogen and oxygen atoms in total. The van der Waals surface area contributed by atoms with Gasteiger partial charge in [0.25, 0.3) is 0 Å². The molecule has 0 aromatic heterocycles. The number of carbonyl (C=O) groups is 1. The van der Waals surface area contributed by atoms with Crippen LogP contribution in [-0.4, -0.2) is 10.9 Å². The molecule has 18 heavy (non-hydrogen) atoms. The zero-order chi connectivity index (χ0) is 13.8. The van der Waals surface area contributed by atoms with Crippen LogP contribution in [0.1, 0.15) is 18.1 Å². The van der Waals surface area contributed by atoms with Crippen molar-refractivity contribution in [2.24, 2.45) is 0 Å². The maximum absolute atomic E-state index is 12.9. The monoisotopic (exact) mass is 276 g/mol. The van der Waals surface area contributed by atoms with Gasteiger partial charge < -0.3 is 0 Å². The predicted octanol–water partition coefficient (Wildman–Crippen LogP) is 3.48. The fourth-order valence-corrected chi connectivity index (χ4v) is 1.44. The molecule has 0 spiro atoms. The number of carbonyl (C=O) groups excluding carboxylic acids is 1. The molecule has 96 valence electrons. The maximum atomic E-state index is 12.9. The van der Waals surface area contributed by atoms with E-state index in [1.165, 1.54) is 6.92 Å². The van der Waals surface area contributed by atoms with E-state index in [9.17, 15) is 22.4 Å². The van der Waals surface area contributed by atoms with Crippen molar-refractivity contribution in [1.82, 2.24) is 0 Å². The Labute approximate surface area is 106 Å². The first-order valence-corrected chi connectivity index (χ1v) is 5.78. The van der Waals surface area contributed by atoms with Gasteiger partial charge >= 0.3 is 6.18 Å². The lowest BCUT2D eigenvalue weighted by Crippen LogP contribution is -2.08. The second-order valence-electron chi connectivity index (χ2n) is 3.27.